The number of esters is 1. The number of Topliss-reactive ketones (excluding diaryl/α,β-unsaturated/α-hetero) is 1. The van der Waals surface area contributed by atoms with Crippen LogP contribution in [0.2, 0.25) is 0 Å². The van der Waals surface area contributed by atoms with E-state index < -0.39 is 66.1 Å². The summed E-state index contributed by atoms with van der Waals surface area (Å²) in [7, 11) is 0. The molecule has 1 saturated heterocycles. The molecule has 202 valence electrons. The number of hydrogen-bond donors (Lipinski definition) is 5. The lowest BCUT2D eigenvalue weighted by Gasteiger charge is -2.60. The summed E-state index contributed by atoms with van der Waals surface area (Å²) in [5, 5.41) is 51.1. The van der Waals surface area contributed by atoms with Gasteiger partial charge < -0.3 is 39.7 Å². The Labute approximate surface area is 210 Å². The zero-order valence-electron chi connectivity index (χ0n) is 20.8. The van der Waals surface area contributed by atoms with E-state index in [1.54, 1.807) is 6.08 Å². The standard InChI is InChI=1S/C26H38O10/c1-13-4-5-17-25(2,19(13)15(28)10-14-7-9-34-23(14)33)8-6-18(29)26(17,3)12-35-24-22(32)21(31)20(30)16(11-27)36-24/h7,16-22,24,27,29-32H,1,4-6,8-12H2,2-3H3. The molecule has 0 spiro atoms. The molecule has 0 bridgehead atoms. The van der Waals surface area contributed by atoms with Gasteiger partial charge in [0.25, 0.3) is 0 Å². The molecule has 10 atom stereocenters. The van der Waals surface area contributed by atoms with Gasteiger partial charge in [-0.2, -0.15) is 0 Å². The molecule has 0 aromatic rings. The Morgan fingerprint density at radius 3 is 2.53 bits per heavy atom. The quantitative estimate of drug-likeness (QED) is 0.233. The van der Waals surface area contributed by atoms with Crippen molar-refractivity contribution in [1.29, 1.82) is 0 Å². The highest BCUT2D eigenvalue weighted by molar-refractivity contribution is 5.98. The van der Waals surface area contributed by atoms with Crippen LogP contribution in [0.4, 0.5) is 0 Å². The maximum Gasteiger partial charge on any atom is 0.334 e. The van der Waals surface area contributed by atoms with Gasteiger partial charge in [-0.1, -0.05) is 26.0 Å². The molecule has 10 heteroatoms. The van der Waals surface area contributed by atoms with E-state index in [-0.39, 0.29) is 31.3 Å². The van der Waals surface area contributed by atoms with E-state index in [1.165, 1.54) is 0 Å². The fourth-order valence-corrected chi connectivity index (χ4v) is 6.97. The molecule has 3 fully saturated rings. The number of aliphatic hydroxyl groups excluding tert-OH is 5. The predicted octanol–water partition coefficient (Wildman–Crippen LogP) is -0.00500. The highest BCUT2D eigenvalue weighted by Crippen LogP contribution is 2.61. The second kappa shape index (κ2) is 10.2. The lowest BCUT2D eigenvalue weighted by atomic mass is 9.46. The minimum atomic E-state index is -1.56. The topological polar surface area (TPSA) is 163 Å². The van der Waals surface area contributed by atoms with Crippen molar-refractivity contribution >= 4 is 11.8 Å². The third-order valence-corrected chi connectivity index (χ3v) is 9.03. The van der Waals surface area contributed by atoms with E-state index in [4.69, 9.17) is 14.2 Å². The number of rotatable bonds is 7. The Morgan fingerprint density at radius 2 is 1.89 bits per heavy atom. The molecule has 36 heavy (non-hydrogen) atoms. The largest absolute Gasteiger partial charge is 0.458 e. The fourth-order valence-electron chi connectivity index (χ4n) is 6.97. The molecule has 4 rings (SSSR count). The van der Waals surface area contributed by atoms with E-state index in [0.717, 1.165) is 5.57 Å². The van der Waals surface area contributed by atoms with Crippen LogP contribution in [0, 0.1) is 22.7 Å². The van der Waals surface area contributed by atoms with Gasteiger partial charge in [0.15, 0.2) is 6.29 Å². The Kier molecular flexibility index (Phi) is 7.79. The van der Waals surface area contributed by atoms with Crippen molar-refractivity contribution in [2.75, 3.05) is 19.8 Å². The van der Waals surface area contributed by atoms with E-state index in [2.05, 4.69) is 6.58 Å². The average Bonchev–Trinajstić information content (AvgIpc) is 3.23. The Hall–Kier alpha value is -1.66. The maximum absolute atomic E-state index is 13.5. The normalized spacial score (nSPS) is 45.1. The monoisotopic (exact) mass is 510 g/mol. The zero-order valence-corrected chi connectivity index (χ0v) is 20.8. The van der Waals surface area contributed by atoms with Crippen molar-refractivity contribution in [3.8, 4) is 0 Å². The third kappa shape index (κ3) is 4.57. The average molecular weight is 511 g/mol. The zero-order chi connectivity index (χ0) is 26.4. The van der Waals surface area contributed by atoms with Crippen molar-refractivity contribution in [2.45, 2.75) is 82.8 Å². The van der Waals surface area contributed by atoms with Crippen LogP contribution in [-0.4, -0.2) is 93.9 Å². The van der Waals surface area contributed by atoms with Gasteiger partial charge in [-0.05, 0) is 43.1 Å². The number of ether oxygens (including phenoxy) is 3. The summed E-state index contributed by atoms with van der Waals surface area (Å²) < 4.78 is 16.3. The smallest absolute Gasteiger partial charge is 0.334 e. The van der Waals surface area contributed by atoms with Gasteiger partial charge in [0.2, 0.25) is 0 Å². The van der Waals surface area contributed by atoms with Gasteiger partial charge in [0.05, 0.1) is 19.3 Å². The second-order valence-electron chi connectivity index (χ2n) is 11.2. The molecule has 2 aliphatic carbocycles. The number of allylic oxidation sites excluding steroid dienone is 1. The summed E-state index contributed by atoms with van der Waals surface area (Å²) in [6.07, 6.45) is -3.88. The summed E-state index contributed by atoms with van der Waals surface area (Å²) in [6, 6.07) is 0. The summed E-state index contributed by atoms with van der Waals surface area (Å²) >= 11 is 0. The lowest BCUT2D eigenvalue weighted by Crippen LogP contribution is -2.61. The molecule has 2 aliphatic heterocycles. The minimum Gasteiger partial charge on any atom is -0.458 e. The first kappa shape index (κ1) is 27.4. The van der Waals surface area contributed by atoms with Crippen LogP contribution < -0.4 is 0 Å². The molecule has 0 amide bonds. The van der Waals surface area contributed by atoms with Crippen molar-refractivity contribution in [2.24, 2.45) is 22.7 Å². The maximum atomic E-state index is 13.5. The highest BCUT2D eigenvalue weighted by atomic mass is 16.7. The van der Waals surface area contributed by atoms with E-state index in [0.29, 0.717) is 31.3 Å². The second-order valence-corrected chi connectivity index (χ2v) is 11.2. The molecule has 0 aromatic heterocycles. The Balaban J connectivity index is 1.54. The first-order chi connectivity index (χ1) is 16.9. The van der Waals surface area contributed by atoms with Gasteiger partial charge in [0, 0.05) is 23.3 Å². The van der Waals surface area contributed by atoms with Crippen LogP contribution in [0.25, 0.3) is 0 Å². The molecule has 0 aromatic carbocycles. The number of fused-ring (bicyclic) bond motifs is 1. The van der Waals surface area contributed by atoms with Gasteiger partial charge >= 0.3 is 5.97 Å². The number of aliphatic hydroxyl groups is 5. The van der Waals surface area contributed by atoms with Crippen molar-refractivity contribution < 1.29 is 49.3 Å². The number of hydrogen-bond acceptors (Lipinski definition) is 10. The molecule has 4 aliphatic rings. The van der Waals surface area contributed by atoms with Gasteiger partial charge in [-0.15, -0.1) is 0 Å². The van der Waals surface area contributed by atoms with Crippen LogP contribution in [0.1, 0.15) is 46.0 Å². The summed E-state index contributed by atoms with van der Waals surface area (Å²) in [4.78, 5) is 25.5. The van der Waals surface area contributed by atoms with E-state index >= 15 is 0 Å². The van der Waals surface area contributed by atoms with Crippen molar-refractivity contribution in [3.63, 3.8) is 0 Å². The molecule has 2 saturated carbocycles. The van der Waals surface area contributed by atoms with Gasteiger partial charge in [0.1, 0.15) is 36.8 Å². The molecular weight excluding hydrogens is 472 g/mol. The van der Waals surface area contributed by atoms with E-state index in [1.807, 2.05) is 13.8 Å². The molecule has 2 heterocycles. The number of ketones is 1. The SMILES string of the molecule is C=C1CCC2C(C)(COC3OC(CO)C(O)C(O)C3O)C(O)CCC2(C)C1C(=O)CC1=CCOC1=O. The van der Waals surface area contributed by atoms with Crippen LogP contribution in [0.5, 0.6) is 0 Å². The summed E-state index contributed by atoms with van der Waals surface area (Å²) in [5.74, 6) is -1.21. The highest BCUT2D eigenvalue weighted by Gasteiger charge is 2.60. The third-order valence-electron chi connectivity index (χ3n) is 9.03. The minimum absolute atomic E-state index is 0.0224. The van der Waals surface area contributed by atoms with E-state index in [9.17, 15) is 35.1 Å². The number of cyclic esters (lactones) is 1. The van der Waals surface area contributed by atoms with Gasteiger partial charge in [-0.3, -0.25) is 4.79 Å². The molecule has 10 unspecified atom stereocenters. The number of carbonyl (C=O) groups excluding carboxylic acids is 2. The first-order valence-electron chi connectivity index (χ1n) is 12.6. The predicted molar refractivity (Wildman–Crippen MR) is 125 cm³/mol. The lowest BCUT2D eigenvalue weighted by molar-refractivity contribution is -0.312. The summed E-state index contributed by atoms with van der Waals surface area (Å²) in [6.45, 7) is 7.68. The summed E-state index contributed by atoms with van der Waals surface area (Å²) in [5.41, 5.74) is -0.180. The molecular formula is C26H38O10. The van der Waals surface area contributed by atoms with Crippen LogP contribution >= 0.6 is 0 Å². The van der Waals surface area contributed by atoms with Crippen LogP contribution in [0.3, 0.4) is 0 Å². The van der Waals surface area contributed by atoms with Crippen LogP contribution in [0.15, 0.2) is 23.8 Å². The molecule has 0 radical (unpaired) electrons. The Morgan fingerprint density at radius 1 is 1.17 bits per heavy atom. The number of carbonyl (C=O) groups is 2. The van der Waals surface area contributed by atoms with Crippen molar-refractivity contribution in [1.82, 2.24) is 0 Å². The van der Waals surface area contributed by atoms with Crippen LogP contribution in [-0.2, 0) is 23.8 Å². The fraction of sp³-hybridized carbons (Fsp3) is 0.769. The molecule has 10 nitrogen and oxygen atoms in total. The van der Waals surface area contributed by atoms with Gasteiger partial charge in [-0.25, -0.2) is 4.79 Å². The first-order valence-corrected chi connectivity index (χ1v) is 12.6. The Bertz CT molecular complexity index is 914. The molecule has 5 N–H and O–H groups in total. The van der Waals surface area contributed by atoms with Crippen molar-refractivity contribution in [3.05, 3.63) is 23.8 Å².